The molecule has 84 valence electrons. The van der Waals surface area contributed by atoms with Gasteiger partial charge in [-0.05, 0) is 36.3 Å². The highest BCUT2D eigenvalue weighted by atomic mass is 35.5. The molecule has 0 fully saturated rings. The predicted octanol–water partition coefficient (Wildman–Crippen LogP) is 4.18. The van der Waals surface area contributed by atoms with Crippen molar-refractivity contribution in [3.8, 4) is 0 Å². The number of pyridine rings is 1. The van der Waals surface area contributed by atoms with Gasteiger partial charge in [-0.25, -0.2) is 0 Å². The first-order valence-corrected chi connectivity index (χ1v) is 6.19. The van der Waals surface area contributed by atoms with Gasteiger partial charge in [-0.3, -0.25) is 4.98 Å². The van der Waals surface area contributed by atoms with Crippen LogP contribution < -0.4 is 0 Å². The summed E-state index contributed by atoms with van der Waals surface area (Å²) < 4.78 is 0. The van der Waals surface area contributed by atoms with Crippen LogP contribution in [0.3, 0.4) is 0 Å². The molecule has 0 N–H and O–H groups in total. The molecule has 1 aromatic rings. The van der Waals surface area contributed by atoms with Gasteiger partial charge in [0.1, 0.15) is 0 Å². The van der Waals surface area contributed by atoms with Crippen LogP contribution in [0.15, 0.2) is 18.5 Å². The number of alkyl halides is 1. The topological polar surface area (TPSA) is 12.9 Å². The van der Waals surface area contributed by atoms with Crippen molar-refractivity contribution in [3.63, 3.8) is 0 Å². The number of aromatic nitrogens is 1. The Balaban J connectivity index is 2.62. The van der Waals surface area contributed by atoms with Crippen LogP contribution in [0.25, 0.3) is 0 Å². The maximum atomic E-state index is 6.06. The molecule has 15 heavy (non-hydrogen) atoms. The number of nitrogens with zero attached hydrogens (tertiary/aromatic N) is 1. The Morgan fingerprint density at radius 3 is 2.67 bits per heavy atom. The molecule has 0 aliphatic rings. The van der Waals surface area contributed by atoms with Gasteiger partial charge in [-0.15, -0.1) is 11.6 Å². The van der Waals surface area contributed by atoms with Gasteiger partial charge in [-0.1, -0.05) is 25.4 Å². The third-order valence-electron chi connectivity index (χ3n) is 2.39. The van der Waals surface area contributed by atoms with Crippen molar-refractivity contribution in [2.75, 3.05) is 5.88 Å². The van der Waals surface area contributed by atoms with E-state index < -0.39 is 0 Å². The fraction of sp³-hybridized carbons (Fsp3) is 0.583. The second kappa shape index (κ2) is 6.34. The molecule has 1 rings (SSSR count). The van der Waals surface area contributed by atoms with E-state index in [-0.39, 0.29) is 0 Å². The fourth-order valence-corrected chi connectivity index (χ4v) is 2.18. The molecule has 0 amide bonds. The third kappa shape index (κ3) is 4.40. The maximum absolute atomic E-state index is 6.06. The summed E-state index contributed by atoms with van der Waals surface area (Å²) in [5, 5.41) is 0.747. The van der Waals surface area contributed by atoms with E-state index in [1.807, 2.05) is 6.07 Å². The summed E-state index contributed by atoms with van der Waals surface area (Å²) in [6.45, 7) is 4.43. The van der Waals surface area contributed by atoms with E-state index in [2.05, 4.69) is 18.8 Å². The smallest absolute Gasteiger partial charge is 0.0621 e. The Labute approximate surface area is 102 Å². The summed E-state index contributed by atoms with van der Waals surface area (Å²) in [4.78, 5) is 3.97. The molecule has 0 spiro atoms. The lowest BCUT2D eigenvalue weighted by molar-refractivity contribution is 0.441. The normalized spacial score (nSPS) is 13.1. The summed E-state index contributed by atoms with van der Waals surface area (Å²) in [7, 11) is 0. The van der Waals surface area contributed by atoms with Crippen LogP contribution >= 0.6 is 23.2 Å². The highest BCUT2D eigenvalue weighted by Gasteiger charge is 2.12. The van der Waals surface area contributed by atoms with Crippen molar-refractivity contribution in [1.82, 2.24) is 4.98 Å². The summed E-state index contributed by atoms with van der Waals surface area (Å²) in [6, 6.07) is 1.97. The van der Waals surface area contributed by atoms with Gasteiger partial charge >= 0.3 is 0 Å². The van der Waals surface area contributed by atoms with Crippen LogP contribution in [-0.2, 0) is 6.42 Å². The van der Waals surface area contributed by atoms with Gasteiger partial charge < -0.3 is 0 Å². The van der Waals surface area contributed by atoms with Crippen LogP contribution in [0.1, 0.15) is 25.8 Å². The molecule has 1 atom stereocenters. The summed E-state index contributed by atoms with van der Waals surface area (Å²) >= 11 is 12.0. The first kappa shape index (κ1) is 12.8. The SMILES string of the molecule is CC(C)CC(CCl)Cc1ccncc1Cl. The molecule has 3 heteroatoms. The molecule has 1 unspecified atom stereocenters. The quantitative estimate of drug-likeness (QED) is 0.710. The van der Waals surface area contributed by atoms with Gasteiger partial charge in [-0.2, -0.15) is 0 Å². The summed E-state index contributed by atoms with van der Waals surface area (Å²) in [5.41, 5.74) is 1.15. The predicted molar refractivity (Wildman–Crippen MR) is 66.6 cm³/mol. The average molecular weight is 246 g/mol. The lowest BCUT2D eigenvalue weighted by atomic mass is 9.93. The van der Waals surface area contributed by atoms with E-state index in [9.17, 15) is 0 Å². The standard InChI is InChI=1S/C12H17Cl2N/c1-9(2)5-10(7-13)6-11-3-4-15-8-12(11)14/h3-4,8-10H,5-7H2,1-2H3. The Morgan fingerprint density at radius 2 is 2.13 bits per heavy atom. The number of hydrogen-bond acceptors (Lipinski definition) is 1. The van der Waals surface area contributed by atoms with Crippen molar-refractivity contribution in [3.05, 3.63) is 29.0 Å². The second-order valence-corrected chi connectivity index (χ2v) is 5.04. The van der Waals surface area contributed by atoms with Crippen LogP contribution in [0.4, 0.5) is 0 Å². The molecule has 0 radical (unpaired) electrons. The molecular formula is C12H17Cl2N. The molecule has 0 aliphatic carbocycles. The second-order valence-electron chi connectivity index (χ2n) is 4.32. The van der Waals surface area contributed by atoms with Crippen molar-refractivity contribution in [2.24, 2.45) is 11.8 Å². The van der Waals surface area contributed by atoms with Crippen molar-refractivity contribution < 1.29 is 0 Å². The first-order chi connectivity index (χ1) is 7.13. The van der Waals surface area contributed by atoms with E-state index in [0.29, 0.717) is 17.7 Å². The summed E-state index contributed by atoms with van der Waals surface area (Å²) in [5.74, 6) is 1.87. The van der Waals surface area contributed by atoms with Gasteiger partial charge in [0.2, 0.25) is 0 Å². The largest absolute Gasteiger partial charge is 0.263 e. The van der Waals surface area contributed by atoms with E-state index in [1.54, 1.807) is 12.4 Å². The lowest BCUT2D eigenvalue weighted by Gasteiger charge is -2.16. The molecule has 0 saturated carbocycles. The molecule has 0 aromatic carbocycles. The van der Waals surface area contributed by atoms with Crippen LogP contribution in [0.5, 0.6) is 0 Å². The van der Waals surface area contributed by atoms with Crippen LogP contribution in [0, 0.1) is 11.8 Å². The lowest BCUT2D eigenvalue weighted by Crippen LogP contribution is -2.10. The van der Waals surface area contributed by atoms with Crippen molar-refractivity contribution in [1.29, 1.82) is 0 Å². The van der Waals surface area contributed by atoms with Crippen molar-refractivity contribution in [2.45, 2.75) is 26.7 Å². The van der Waals surface area contributed by atoms with E-state index >= 15 is 0 Å². The molecule has 1 heterocycles. The molecular weight excluding hydrogens is 229 g/mol. The molecule has 0 saturated heterocycles. The van der Waals surface area contributed by atoms with E-state index in [1.165, 1.54) is 0 Å². The number of halogens is 2. The van der Waals surface area contributed by atoms with Gasteiger partial charge in [0, 0.05) is 18.3 Å². The molecule has 0 aliphatic heterocycles. The number of rotatable bonds is 5. The average Bonchev–Trinajstić information content (AvgIpc) is 2.19. The summed E-state index contributed by atoms with van der Waals surface area (Å²) in [6.07, 6.45) is 5.56. The van der Waals surface area contributed by atoms with Gasteiger partial charge in [0.05, 0.1) is 5.02 Å². The van der Waals surface area contributed by atoms with Crippen molar-refractivity contribution >= 4 is 23.2 Å². The molecule has 1 nitrogen and oxygen atoms in total. The molecule has 1 aromatic heterocycles. The highest BCUT2D eigenvalue weighted by molar-refractivity contribution is 6.31. The zero-order chi connectivity index (χ0) is 11.3. The van der Waals surface area contributed by atoms with Gasteiger partial charge in [0.25, 0.3) is 0 Å². The zero-order valence-corrected chi connectivity index (χ0v) is 10.7. The van der Waals surface area contributed by atoms with Crippen LogP contribution in [-0.4, -0.2) is 10.9 Å². The monoisotopic (exact) mass is 245 g/mol. The Hall–Kier alpha value is -0.270. The minimum absolute atomic E-state index is 0.506. The Bertz CT molecular complexity index is 299. The van der Waals surface area contributed by atoms with E-state index in [4.69, 9.17) is 23.2 Å². The van der Waals surface area contributed by atoms with Gasteiger partial charge in [0.15, 0.2) is 0 Å². The minimum Gasteiger partial charge on any atom is -0.263 e. The first-order valence-electron chi connectivity index (χ1n) is 5.27. The molecule has 0 bridgehead atoms. The minimum atomic E-state index is 0.506. The fourth-order valence-electron chi connectivity index (χ4n) is 1.75. The Morgan fingerprint density at radius 1 is 1.40 bits per heavy atom. The van der Waals surface area contributed by atoms with E-state index in [0.717, 1.165) is 23.4 Å². The Kier molecular flexibility index (Phi) is 5.41. The third-order valence-corrected chi connectivity index (χ3v) is 3.16. The van der Waals surface area contributed by atoms with Crippen LogP contribution in [0.2, 0.25) is 5.02 Å². The highest BCUT2D eigenvalue weighted by Crippen LogP contribution is 2.22. The maximum Gasteiger partial charge on any atom is 0.0621 e. The number of hydrogen-bond donors (Lipinski definition) is 0. The zero-order valence-electron chi connectivity index (χ0n) is 9.21.